The van der Waals surface area contributed by atoms with Gasteiger partial charge in [0.15, 0.2) is 0 Å². The number of aromatic nitrogens is 3. The fraction of sp³-hybridized carbons (Fsp3) is 0.0750. The molecule has 0 spiro atoms. The summed E-state index contributed by atoms with van der Waals surface area (Å²) in [7, 11) is 0. The van der Waals surface area contributed by atoms with E-state index in [4.69, 9.17) is 4.98 Å². The Labute approximate surface area is 250 Å². The molecule has 43 heavy (non-hydrogen) atoms. The van der Waals surface area contributed by atoms with Gasteiger partial charge in [0.1, 0.15) is 0 Å². The van der Waals surface area contributed by atoms with E-state index in [2.05, 4.69) is 162 Å². The van der Waals surface area contributed by atoms with E-state index in [9.17, 15) is 0 Å². The first-order valence-electron chi connectivity index (χ1n) is 14.9. The molecule has 1 aliphatic rings. The molecule has 3 heterocycles. The number of benzene rings is 5. The SMILES string of the molecule is CC1(c2ccc3c(n2)c2ccccc2n3-c2ccccc2)C=Cc2c(c3ccccc3n2-c2ccc3ccccc3c2)C1. The lowest BCUT2D eigenvalue weighted by Gasteiger charge is -2.29. The molecule has 3 aromatic heterocycles. The molecular formula is C40H29N3. The van der Waals surface area contributed by atoms with E-state index in [1.807, 2.05) is 0 Å². The second-order valence-corrected chi connectivity index (χ2v) is 11.9. The van der Waals surface area contributed by atoms with Gasteiger partial charge >= 0.3 is 0 Å². The van der Waals surface area contributed by atoms with Gasteiger partial charge in [-0.2, -0.15) is 0 Å². The minimum atomic E-state index is -0.241. The number of hydrogen-bond acceptors (Lipinski definition) is 1. The van der Waals surface area contributed by atoms with Crippen LogP contribution in [0.25, 0.3) is 61.1 Å². The van der Waals surface area contributed by atoms with Crippen molar-refractivity contribution in [3.63, 3.8) is 0 Å². The van der Waals surface area contributed by atoms with Crippen LogP contribution in [0.3, 0.4) is 0 Å². The van der Waals surface area contributed by atoms with Gasteiger partial charge in [0.2, 0.25) is 0 Å². The molecule has 8 aromatic rings. The first kappa shape index (κ1) is 24.2. The summed E-state index contributed by atoms with van der Waals surface area (Å²) in [6, 6.07) is 47.9. The molecule has 3 nitrogen and oxygen atoms in total. The summed E-state index contributed by atoms with van der Waals surface area (Å²) < 4.78 is 4.76. The maximum Gasteiger partial charge on any atom is 0.0967 e. The van der Waals surface area contributed by atoms with Crippen LogP contribution < -0.4 is 0 Å². The van der Waals surface area contributed by atoms with Crippen molar-refractivity contribution in [3.8, 4) is 11.4 Å². The third kappa shape index (κ3) is 3.58. The van der Waals surface area contributed by atoms with Gasteiger partial charge in [-0.15, -0.1) is 0 Å². The van der Waals surface area contributed by atoms with Crippen LogP contribution in [-0.2, 0) is 11.8 Å². The topological polar surface area (TPSA) is 22.8 Å². The second kappa shape index (κ2) is 9.04. The van der Waals surface area contributed by atoms with E-state index in [-0.39, 0.29) is 5.41 Å². The van der Waals surface area contributed by atoms with Gasteiger partial charge in [-0.3, -0.25) is 0 Å². The lowest BCUT2D eigenvalue weighted by Crippen LogP contribution is -2.26. The summed E-state index contributed by atoms with van der Waals surface area (Å²) in [4.78, 5) is 5.42. The van der Waals surface area contributed by atoms with Crippen LogP contribution in [0.15, 0.2) is 140 Å². The highest BCUT2D eigenvalue weighted by molar-refractivity contribution is 6.07. The molecule has 0 aliphatic heterocycles. The largest absolute Gasteiger partial charge is 0.310 e. The van der Waals surface area contributed by atoms with Crippen LogP contribution in [0, 0.1) is 0 Å². The van der Waals surface area contributed by atoms with E-state index >= 15 is 0 Å². The fourth-order valence-corrected chi connectivity index (χ4v) is 7.15. The molecular weight excluding hydrogens is 522 g/mol. The predicted octanol–water partition coefficient (Wildman–Crippen LogP) is 9.80. The van der Waals surface area contributed by atoms with Crippen LogP contribution in [0.1, 0.15) is 23.9 Å². The Morgan fingerprint density at radius 2 is 1.28 bits per heavy atom. The van der Waals surface area contributed by atoms with Gasteiger partial charge in [-0.25, -0.2) is 4.98 Å². The molecule has 0 fully saturated rings. The number of hydrogen-bond donors (Lipinski definition) is 0. The van der Waals surface area contributed by atoms with E-state index < -0.39 is 0 Å². The Morgan fingerprint density at radius 1 is 0.581 bits per heavy atom. The zero-order chi connectivity index (χ0) is 28.5. The van der Waals surface area contributed by atoms with Crippen LogP contribution >= 0.6 is 0 Å². The van der Waals surface area contributed by atoms with Gasteiger partial charge in [-0.1, -0.05) is 97.9 Å². The maximum atomic E-state index is 5.42. The normalized spacial score (nSPS) is 16.4. The lowest BCUT2D eigenvalue weighted by molar-refractivity contribution is 0.571. The highest BCUT2D eigenvalue weighted by atomic mass is 15.0. The van der Waals surface area contributed by atoms with Crippen LogP contribution in [0.2, 0.25) is 0 Å². The van der Waals surface area contributed by atoms with Crippen molar-refractivity contribution in [3.05, 3.63) is 156 Å². The minimum absolute atomic E-state index is 0.241. The Balaban J connectivity index is 1.21. The summed E-state index contributed by atoms with van der Waals surface area (Å²) >= 11 is 0. The van der Waals surface area contributed by atoms with Crippen molar-refractivity contribution in [2.24, 2.45) is 0 Å². The van der Waals surface area contributed by atoms with E-state index in [0.29, 0.717) is 0 Å². The number of allylic oxidation sites excluding steroid dienone is 1. The van der Waals surface area contributed by atoms with E-state index in [1.165, 1.54) is 49.5 Å². The fourth-order valence-electron chi connectivity index (χ4n) is 7.15. The first-order chi connectivity index (χ1) is 21.2. The van der Waals surface area contributed by atoms with Gasteiger partial charge in [0.25, 0.3) is 0 Å². The molecule has 9 rings (SSSR count). The van der Waals surface area contributed by atoms with Crippen molar-refractivity contribution in [2.45, 2.75) is 18.8 Å². The number of pyridine rings is 1. The minimum Gasteiger partial charge on any atom is -0.310 e. The highest BCUT2D eigenvalue weighted by Crippen LogP contribution is 2.42. The molecule has 1 unspecified atom stereocenters. The number of rotatable bonds is 3. The van der Waals surface area contributed by atoms with Crippen LogP contribution in [-0.4, -0.2) is 14.1 Å². The van der Waals surface area contributed by atoms with Gasteiger partial charge in [-0.05, 0) is 77.4 Å². The lowest BCUT2D eigenvalue weighted by atomic mass is 9.76. The second-order valence-electron chi connectivity index (χ2n) is 11.9. The number of nitrogens with zero attached hydrogens (tertiary/aromatic N) is 3. The smallest absolute Gasteiger partial charge is 0.0967 e. The molecule has 204 valence electrons. The molecule has 1 aliphatic carbocycles. The molecule has 3 heteroatoms. The Kier molecular flexibility index (Phi) is 5.09. The van der Waals surface area contributed by atoms with Crippen molar-refractivity contribution in [1.82, 2.24) is 14.1 Å². The Morgan fingerprint density at radius 3 is 2.12 bits per heavy atom. The molecule has 0 saturated heterocycles. The predicted molar refractivity (Wildman–Crippen MR) is 179 cm³/mol. The molecule has 0 bridgehead atoms. The summed E-state index contributed by atoms with van der Waals surface area (Å²) in [6.45, 7) is 2.33. The zero-order valence-corrected chi connectivity index (χ0v) is 23.9. The molecule has 1 atom stereocenters. The maximum absolute atomic E-state index is 5.42. The average Bonchev–Trinajstić information content (AvgIpc) is 3.57. The molecule has 0 saturated carbocycles. The molecule has 0 radical (unpaired) electrons. The van der Waals surface area contributed by atoms with Crippen molar-refractivity contribution >= 4 is 49.7 Å². The monoisotopic (exact) mass is 551 g/mol. The third-order valence-corrected chi connectivity index (χ3v) is 9.28. The van der Waals surface area contributed by atoms with Crippen LogP contribution in [0.5, 0.6) is 0 Å². The van der Waals surface area contributed by atoms with Crippen molar-refractivity contribution in [1.29, 1.82) is 0 Å². The van der Waals surface area contributed by atoms with Gasteiger partial charge in [0, 0.05) is 33.3 Å². The first-order valence-corrected chi connectivity index (χ1v) is 14.9. The Hall–Kier alpha value is -5.41. The van der Waals surface area contributed by atoms with Crippen molar-refractivity contribution < 1.29 is 0 Å². The summed E-state index contributed by atoms with van der Waals surface area (Å²) in [5.41, 5.74) is 10.4. The van der Waals surface area contributed by atoms with E-state index in [0.717, 1.165) is 28.8 Å². The van der Waals surface area contributed by atoms with Crippen molar-refractivity contribution in [2.75, 3.05) is 0 Å². The Bertz CT molecular complexity index is 2390. The van der Waals surface area contributed by atoms with Crippen LogP contribution in [0.4, 0.5) is 0 Å². The number of para-hydroxylation sites is 3. The summed E-state index contributed by atoms with van der Waals surface area (Å²) in [6.07, 6.45) is 5.58. The average molecular weight is 552 g/mol. The third-order valence-electron chi connectivity index (χ3n) is 9.28. The highest BCUT2D eigenvalue weighted by Gasteiger charge is 2.33. The molecule has 0 N–H and O–H groups in total. The molecule has 0 amide bonds. The van der Waals surface area contributed by atoms with E-state index in [1.54, 1.807) is 0 Å². The molecule has 5 aromatic carbocycles. The summed E-state index contributed by atoms with van der Waals surface area (Å²) in [5, 5.41) is 5.00. The van der Waals surface area contributed by atoms with Gasteiger partial charge in [0.05, 0.1) is 27.8 Å². The summed E-state index contributed by atoms with van der Waals surface area (Å²) in [5.74, 6) is 0. The standard InChI is InChI=1S/C40H29N3/c1-40(38-22-21-37-39(41-38)32-16-8-10-18-35(32)42(37)29-13-3-2-4-14-29)24-23-36-33(26-40)31-15-7-9-17-34(31)43(36)30-20-19-27-11-5-6-12-28(27)25-30/h2-25H,26H2,1H3. The quantitative estimate of drug-likeness (QED) is 0.214. The number of fused-ring (bicyclic) bond motifs is 7. The van der Waals surface area contributed by atoms with Gasteiger partial charge < -0.3 is 9.13 Å². The zero-order valence-electron chi connectivity index (χ0n) is 23.9.